The summed E-state index contributed by atoms with van der Waals surface area (Å²) in [6.45, 7) is 2.01. The fraction of sp³-hybridized carbons (Fsp3) is 0.111. The zero-order chi connectivity index (χ0) is 18.2. The topological polar surface area (TPSA) is 101 Å². The Morgan fingerprint density at radius 1 is 1.08 bits per heavy atom. The zero-order valence-electron chi connectivity index (χ0n) is 13.6. The normalized spacial score (nSPS) is 10.4. The molecule has 0 aliphatic heterocycles. The maximum atomic E-state index is 11.9. The molecule has 0 bridgehead atoms. The largest absolute Gasteiger partial charge is 0.276 e. The van der Waals surface area contributed by atoms with Gasteiger partial charge in [-0.3, -0.25) is 30.6 Å². The number of hydrazine groups is 1. The molecule has 2 N–H and O–H groups in total. The second kappa shape index (κ2) is 8.39. The predicted molar refractivity (Wildman–Crippen MR) is 93.6 cm³/mol. The summed E-state index contributed by atoms with van der Waals surface area (Å²) in [6.07, 6.45) is 3.30. The second-order valence-corrected chi connectivity index (χ2v) is 5.14. The molecule has 0 aliphatic carbocycles. The number of carbonyl (C=O) groups excluding carboxylic acids is 2. The first-order chi connectivity index (χ1) is 12.0. The minimum atomic E-state index is -0.600. The Balaban J connectivity index is 1.94. The third kappa shape index (κ3) is 5.00. The molecule has 0 heterocycles. The van der Waals surface area contributed by atoms with Gasteiger partial charge in [-0.05, 0) is 36.3 Å². The first kappa shape index (κ1) is 17.9. The van der Waals surface area contributed by atoms with E-state index in [4.69, 9.17) is 0 Å². The van der Waals surface area contributed by atoms with E-state index >= 15 is 0 Å². The zero-order valence-corrected chi connectivity index (χ0v) is 13.6. The van der Waals surface area contributed by atoms with Crippen LogP contribution in [0, 0.1) is 10.1 Å². The van der Waals surface area contributed by atoms with Gasteiger partial charge in [0.05, 0.1) is 10.5 Å². The second-order valence-electron chi connectivity index (χ2n) is 5.14. The quantitative estimate of drug-likeness (QED) is 0.497. The van der Waals surface area contributed by atoms with Gasteiger partial charge >= 0.3 is 0 Å². The lowest BCUT2D eigenvalue weighted by Gasteiger charge is -2.06. The molecule has 0 saturated heterocycles. The van der Waals surface area contributed by atoms with Crippen LogP contribution in [0.3, 0.4) is 0 Å². The summed E-state index contributed by atoms with van der Waals surface area (Å²) in [4.78, 5) is 34.0. The Hall–Kier alpha value is -3.48. The third-order valence-corrected chi connectivity index (χ3v) is 3.47. The molecule has 0 spiro atoms. The molecule has 2 aromatic rings. The van der Waals surface area contributed by atoms with E-state index in [1.807, 2.05) is 19.1 Å². The van der Waals surface area contributed by atoms with Crippen LogP contribution in [0.25, 0.3) is 6.08 Å². The fourth-order valence-electron chi connectivity index (χ4n) is 2.08. The minimum absolute atomic E-state index is 0.105. The van der Waals surface area contributed by atoms with E-state index in [0.29, 0.717) is 11.1 Å². The van der Waals surface area contributed by atoms with Gasteiger partial charge in [0.1, 0.15) is 0 Å². The van der Waals surface area contributed by atoms with E-state index in [0.717, 1.165) is 18.1 Å². The van der Waals surface area contributed by atoms with E-state index in [-0.39, 0.29) is 5.69 Å². The molecule has 128 valence electrons. The van der Waals surface area contributed by atoms with Crippen LogP contribution in [-0.4, -0.2) is 16.7 Å². The van der Waals surface area contributed by atoms with E-state index in [2.05, 4.69) is 10.9 Å². The number of rotatable bonds is 5. The standard InChI is InChI=1S/C18H17N3O4/c1-2-13-7-9-15(10-8-13)18(23)20-19-17(22)12-11-14-5-3-4-6-16(14)21(24)25/h3-12H,2H2,1H3,(H,19,22)(H,20,23)/b12-11+. The SMILES string of the molecule is CCc1ccc(C(=O)NNC(=O)/C=C/c2ccccc2[N+](=O)[O-])cc1. The Kier molecular flexibility index (Phi) is 6.00. The lowest BCUT2D eigenvalue weighted by atomic mass is 10.1. The van der Waals surface area contributed by atoms with Gasteiger partial charge in [0.15, 0.2) is 0 Å². The molecule has 2 rings (SSSR count). The minimum Gasteiger partial charge on any atom is -0.268 e. The number of para-hydroxylation sites is 1. The molecule has 0 radical (unpaired) electrons. The number of hydrogen-bond donors (Lipinski definition) is 2. The summed E-state index contributed by atoms with van der Waals surface area (Å²) in [6, 6.07) is 13.1. The van der Waals surface area contributed by atoms with Crippen LogP contribution < -0.4 is 10.9 Å². The van der Waals surface area contributed by atoms with Crippen molar-refractivity contribution < 1.29 is 14.5 Å². The van der Waals surface area contributed by atoms with Crippen LogP contribution in [0.4, 0.5) is 5.69 Å². The van der Waals surface area contributed by atoms with Crippen LogP contribution in [0.1, 0.15) is 28.4 Å². The van der Waals surface area contributed by atoms with E-state index < -0.39 is 16.7 Å². The van der Waals surface area contributed by atoms with Crippen molar-refractivity contribution in [3.63, 3.8) is 0 Å². The van der Waals surface area contributed by atoms with Crippen LogP contribution >= 0.6 is 0 Å². The van der Waals surface area contributed by atoms with Crippen LogP contribution in [0.2, 0.25) is 0 Å². The van der Waals surface area contributed by atoms with Gasteiger partial charge in [-0.15, -0.1) is 0 Å². The van der Waals surface area contributed by atoms with Crippen molar-refractivity contribution >= 4 is 23.6 Å². The molecule has 0 atom stereocenters. The third-order valence-electron chi connectivity index (χ3n) is 3.47. The Labute approximate surface area is 144 Å². The lowest BCUT2D eigenvalue weighted by Crippen LogP contribution is -2.40. The fourth-order valence-corrected chi connectivity index (χ4v) is 2.08. The van der Waals surface area contributed by atoms with Gasteiger partial charge in [-0.2, -0.15) is 0 Å². The Morgan fingerprint density at radius 2 is 1.76 bits per heavy atom. The molecule has 0 unspecified atom stereocenters. The highest BCUT2D eigenvalue weighted by molar-refractivity contribution is 5.98. The van der Waals surface area contributed by atoms with Crippen LogP contribution in [-0.2, 0) is 11.2 Å². The molecule has 7 heteroatoms. The summed E-state index contributed by atoms with van der Waals surface area (Å²) in [5.41, 5.74) is 6.23. The van der Waals surface area contributed by atoms with E-state index in [9.17, 15) is 19.7 Å². The summed E-state index contributed by atoms with van der Waals surface area (Å²) in [5, 5.41) is 10.9. The summed E-state index contributed by atoms with van der Waals surface area (Å²) < 4.78 is 0. The van der Waals surface area contributed by atoms with Gasteiger partial charge in [-0.25, -0.2) is 0 Å². The molecule has 0 aliphatic rings. The van der Waals surface area contributed by atoms with Crippen molar-refractivity contribution in [2.45, 2.75) is 13.3 Å². The van der Waals surface area contributed by atoms with Gasteiger partial charge in [-0.1, -0.05) is 31.2 Å². The summed E-state index contributed by atoms with van der Waals surface area (Å²) in [7, 11) is 0. The highest BCUT2D eigenvalue weighted by Gasteiger charge is 2.10. The van der Waals surface area contributed by atoms with Crippen LogP contribution in [0.15, 0.2) is 54.6 Å². The summed E-state index contributed by atoms with van der Waals surface area (Å²) >= 11 is 0. The van der Waals surface area contributed by atoms with Gasteiger partial charge in [0.25, 0.3) is 17.5 Å². The highest BCUT2D eigenvalue weighted by Crippen LogP contribution is 2.18. The average Bonchev–Trinajstić information content (AvgIpc) is 2.64. The number of aryl methyl sites for hydroxylation is 1. The Bertz CT molecular complexity index is 813. The number of hydrogen-bond acceptors (Lipinski definition) is 4. The number of benzene rings is 2. The maximum absolute atomic E-state index is 11.9. The predicted octanol–water partition coefficient (Wildman–Crippen LogP) is 2.63. The number of carbonyl (C=O) groups is 2. The van der Waals surface area contributed by atoms with Crippen molar-refractivity contribution in [2.24, 2.45) is 0 Å². The molecule has 7 nitrogen and oxygen atoms in total. The number of nitro groups is 1. The first-order valence-corrected chi connectivity index (χ1v) is 7.62. The molecule has 0 fully saturated rings. The molecule has 25 heavy (non-hydrogen) atoms. The summed E-state index contributed by atoms with van der Waals surface area (Å²) in [5.74, 6) is -1.05. The number of nitro benzene ring substituents is 1. The van der Waals surface area contributed by atoms with Crippen molar-refractivity contribution in [2.75, 3.05) is 0 Å². The van der Waals surface area contributed by atoms with Gasteiger partial charge in [0.2, 0.25) is 0 Å². The molecule has 0 aromatic heterocycles. The van der Waals surface area contributed by atoms with Crippen molar-refractivity contribution in [3.05, 3.63) is 81.4 Å². The van der Waals surface area contributed by atoms with Crippen molar-refractivity contribution in [1.29, 1.82) is 0 Å². The van der Waals surface area contributed by atoms with E-state index in [1.165, 1.54) is 18.2 Å². The lowest BCUT2D eigenvalue weighted by molar-refractivity contribution is -0.385. The first-order valence-electron chi connectivity index (χ1n) is 7.62. The van der Waals surface area contributed by atoms with Crippen molar-refractivity contribution in [3.8, 4) is 0 Å². The molecule has 2 amide bonds. The smallest absolute Gasteiger partial charge is 0.268 e. The monoisotopic (exact) mass is 339 g/mol. The maximum Gasteiger partial charge on any atom is 0.276 e. The molecular weight excluding hydrogens is 322 g/mol. The van der Waals surface area contributed by atoms with E-state index in [1.54, 1.807) is 24.3 Å². The molecule has 0 saturated carbocycles. The van der Waals surface area contributed by atoms with Gasteiger partial charge < -0.3 is 0 Å². The average molecular weight is 339 g/mol. The number of amides is 2. The van der Waals surface area contributed by atoms with Crippen LogP contribution in [0.5, 0.6) is 0 Å². The Morgan fingerprint density at radius 3 is 2.40 bits per heavy atom. The number of nitrogens with one attached hydrogen (secondary N) is 2. The molecular formula is C18H17N3O4. The van der Waals surface area contributed by atoms with Crippen molar-refractivity contribution in [1.82, 2.24) is 10.9 Å². The number of nitrogens with zero attached hydrogens (tertiary/aromatic N) is 1. The van der Waals surface area contributed by atoms with Gasteiger partial charge in [0, 0.05) is 17.7 Å². The highest BCUT2D eigenvalue weighted by atomic mass is 16.6. The molecule has 2 aromatic carbocycles.